The molecule has 0 aliphatic carbocycles. The molecular weight excluding hydrogens is 294 g/mol. The van der Waals surface area contributed by atoms with Gasteiger partial charge in [-0.3, -0.25) is 0 Å². The molecule has 8 nitrogen and oxygen atoms in total. The molecule has 2 aromatic rings. The summed E-state index contributed by atoms with van der Waals surface area (Å²) >= 11 is 0. The Morgan fingerprint density at radius 3 is 2.30 bits per heavy atom. The van der Waals surface area contributed by atoms with Crippen molar-refractivity contribution in [2.75, 3.05) is 36.1 Å². The summed E-state index contributed by atoms with van der Waals surface area (Å²) in [5, 5.41) is 18.7. The first-order chi connectivity index (χ1) is 11.1. The van der Waals surface area contributed by atoms with E-state index < -0.39 is 6.10 Å². The van der Waals surface area contributed by atoms with E-state index in [0.29, 0.717) is 29.8 Å². The Kier molecular flexibility index (Phi) is 5.86. The van der Waals surface area contributed by atoms with Crippen LogP contribution in [0.25, 0.3) is 11.0 Å². The van der Waals surface area contributed by atoms with Gasteiger partial charge in [-0.1, -0.05) is 13.8 Å². The maximum absolute atomic E-state index is 9.41. The molecule has 23 heavy (non-hydrogen) atoms. The quantitative estimate of drug-likeness (QED) is 0.581. The van der Waals surface area contributed by atoms with E-state index in [-0.39, 0.29) is 0 Å². The highest BCUT2D eigenvalue weighted by Gasteiger charge is 2.14. The van der Waals surface area contributed by atoms with Crippen LogP contribution in [-0.4, -0.2) is 51.3 Å². The van der Waals surface area contributed by atoms with Crippen LogP contribution in [-0.2, 0) is 6.42 Å². The predicted molar refractivity (Wildman–Crippen MR) is 93.0 cm³/mol. The molecule has 0 spiro atoms. The Hall–Kier alpha value is -2.22. The Bertz CT molecular complexity index is 660. The largest absolute Gasteiger partial charge is 0.392 e. The van der Waals surface area contributed by atoms with Crippen molar-refractivity contribution in [3.63, 3.8) is 0 Å². The van der Waals surface area contributed by atoms with E-state index in [2.05, 4.69) is 42.8 Å². The summed E-state index contributed by atoms with van der Waals surface area (Å²) in [7, 11) is 1.81. The number of nitrogens with one attached hydrogen (secondary N) is 3. The highest BCUT2D eigenvalue weighted by Crippen LogP contribution is 2.24. The van der Waals surface area contributed by atoms with Crippen molar-refractivity contribution in [3.05, 3.63) is 5.69 Å². The van der Waals surface area contributed by atoms with Crippen molar-refractivity contribution in [1.82, 2.24) is 19.9 Å². The minimum absolute atomic E-state index is 0.389. The van der Waals surface area contributed by atoms with E-state index in [4.69, 9.17) is 0 Å². The fourth-order valence-corrected chi connectivity index (χ4v) is 2.13. The van der Waals surface area contributed by atoms with Crippen molar-refractivity contribution in [3.8, 4) is 0 Å². The number of aromatic nitrogens is 4. The van der Waals surface area contributed by atoms with Crippen molar-refractivity contribution < 1.29 is 5.11 Å². The average molecular weight is 319 g/mol. The lowest BCUT2D eigenvalue weighted by Gasteiger charge is -2.13. The van der Waals surface area contributed by atoms with E-state index in [1.165, 1.54) is 0 Å². The highest BCUT2D eigenvalue weighted by atomic mass is 16.3. The minimum atomic E-state index is -0.472. The Balaban J connectivity index is 2.49. The van der Waals surface area contributed by atoms with Gasteiger partial charge in [0.1, 0.15) is 11.0 Å². The molecule has 1 atom stereocenters. The second-order valence-electron chi connectivity index (χ2n) is 5.35. The number of nitrogens with zero attached hydrogens (tertiary/aromatic N) is 4. The standard InChI is InChI=1S/C15H25N7O/c1-5-7-17-14-20-11-10(6-2)19-15(18-8-9(3)23)21-12(11)13(16-4)22-14/h9,23H,5-8H2,1-4H3,(H,18,19,21)(H2,16,17,20,22)/t9-/m1/s1. The van der Waals surface area contributed by atoms with E-state index in [1.807, 2.05) is 14.0 Å². The summed E-state index contributed by atoms with van der Waals surface area (Å²) < 4.78 is 0. The molecule has 2 rings (SSSR count). The number of hydrogen-bond acceptors (Lipinski definition) is 8. The van der Waals surface area contributed by atoms with Gasteiger partial charge in [-0.05, 0) is 19.8 Å². The Labute approximate surface area is 136 Å². The molecule has 0 saturated heterocycles. The number of aliphatic hydroxyl groups is 1. The first kappa shape index (κ1) is 17.1. The summed E-state index contributed by atoms with van der Waals surface area (Å²) in [5.74, 6) is 1.71. The van der Waals surface area contributed by atoms with Gasteiger partial charge in [-0.15, -0.1) is 0 Å². The fraction of sp³-hybridized carbons (Fsp3) is 0.600. The van der Waals surface area contributed by atoms with Crippen LogP contribution in [0.3, 0.4) is 0 Å². The van der Waals surface area contributed by atoms with Gasteiger partial charge < -0.3 is 21.1 Å². The second kappa shape index (κ2) is 7.87. The number of fused-ring (bicyclic) bond motifs is 1. The van der Waals surface area contributed by atoms with Crippen LogP contribution < -0.4 is 16.0 Å². The molecule has 0 unspecified atom stereocenters. The van der Waals surface area contributed by atoms with Crippen LogP contribution in [0.1, 0.15) is 32.9 Å². The predicted octanol–water partition coefficient (Wildman–Crippen LogP) is 1.64. The van der Waals surface area contributed by atoms with Gasteiger partial charge in [0, 0.05) is 20.1 Å². The molecule has 0 aromatic carbocycles. The molecule has 2 heterocycles. The third-order valence-corrected chi connectivity index (χ3v) is 3.28. The summed E-state index contributed by atoms with van der Waals surface area (Å²) in [6.45, 7) is 7.03. The van der Waals surface area contributed by atoms with Gasteiger partial charge >= 0.3 is 0 Å². The average Bonchev–Trinajstić information content (AvgIpc) is 2.56. The fourth-order valence-electron chi connectivity index (χ4n) is 2.13. The molecule has 0 amide bonds. The lowest BCUT2D eigenvalue weighted by Crippen LogP contribution is -2.18. The van der Waals surface area contributed by atoms with Crippen LogP contribution in [0.4, 0.5) is 17.7 Å². The number of aryl methyl sites for hydroxylation is 1. The van der Waals surface area contributed by atoms with Crippen LogP contribution in [0, 0.1) is 0 Å². The first-order valence-corrected chi connectivity index (χ1v) is 8.01. The summed E-state index contributed by atoms with van der Waals surface area (Å²) in [4.78, 5) is 18.0. The molecule has 4 N–H and O–H groups in total. The molecule has 0 saturated carbocycles. The van der Waals surface area contributed by atoms with Crippen molar-refractivity contribution in [1.29, 1.82) is 0 Å². The monoisotopic (exact) mass is 319 g/mol. The van der Waals surface area contributed by atoms with E-state index in [9.17, 15) is 5.11 Å². The van der Waals surface area contributed by atoms with Gasteiger partial charge in [0.25, 0.3) is 0 Å². The molecule has 2 aromatic heterocycles. The van der Waals surface area contributed by atoms with E-state index in [0.717, 1.165) is 30.6 Å². The van der Waals surface area contributed by atoms with Gasteiger partial charge in [0.15, 0.2) is 5.82 Å². The topological polar surface area (TPSA) is 108 Å². The van der Waals surface area contributed by atoms with Crippen molar-refractivity contribution in [2.45, 2.75) is 39.7 Å². The molecule has 126 valence electrons. The summed E-state index contributed by atoms with van der Waals surface area (Å²) in [6.07, 6.45) is 1.26. The van der Waals surface area contributed by atoms with Crippen LogP contribution in [0.5, 0.6) is 0 Å². The lowest BCUT2D eigenvalue weighted by atomic mass is 10.2. The molecule has 0 bridgehead atoms. The zero-order valence-corrected chi connectivity index (χ0v) is 14.1. The number of anilines is 3. The van der Waals surface area contributed by atoms with E-state index in [1.54, 1.807) is 6.92 Å². The maximum Gasteiger partial charge on any atom is 0.225 e. The second-order valence-corrected chi connectivity index (χ2v) is 5.35. The van der Waals surface area contributed by atoms with E-state index >= 15 is 0 Å². The van der Waals surface area contributed by atoms with Gasteiger partial charge in [0.2, 0.25) is 11.9 Å². The van der Waals surface area contributed by atoms with Gasteiger partial charge in [-0.2, -0.15) is 4.98 Å². The zero-order valence-electron chi connectivity index (χ0n) is 14.1. The summed E-state index contributed by atoms with van der Waals surface area (Å²) in [6, 6.07) is 0. The summed E-state index contributed by atoms with van der Waals surface area (Å²) in [5.41, 5.74) is 2.27. The Morgan fingerprint density at radius 2 is 1.70 bits per heavy atom. The molecule has 0 aliphatic heterocycles. The van der Waals surface area contributed by atoms with Crippen molar-refractivity contribution in [2.24, 2.45) is 0 Å². The van der Waals surface area contributed by atoms with Crippen molar-refractivity contribution >= 4 is 28.7 Å². The minimum Gasteiger partial charge on any atom is -0.392 e. The molecule has 0 fully saturated rings. The molecule has 0 radical (unpaired) electrons. The lowest BCUT2D eigenvalue weighted by molar-refractivity contribution is 0.208. The molecule has 0 aliphatic rings. The highest BCUT2D eigenvalue weighted by molar-refractivity contribution is 5.88. The smallest absolute Gasteiger partial charge is 0.225 e. The van der Waals surface area contributed by atoms with Crippen LogP contribution in [0.2, 0.25) is 0 Å². The SMILES string of the molecule is CCCNc1nc(NC)c2nc(NC[C@@H](C)O)nc(CC)c2n1. The zero-order chi connectivity index (χ0) is 16.8. The first-order valence-electron chi connectivity index (χ1n) is 8.01. The Morgan fingerprint density at radius 1 is 1.00 bits per heavy atom. The maximum atomic E-state index is 9.41. The number of hydrogen-bond donors (Lipinski definition) is 4. The number of aliphatic hydroxyl groups excluding tert-OH is 1. The molecular formula is C15H25N7O. The van der Waals surface area contributed by atoms with Crippen LogP contribution in [0.15, 0.2) is 0 Å². The normalized spacial score (nSPS) is 12.2. The third kappa shape index (κ3) is 4.16. The van der Waals surface area contributed by atoms with Crippen LogP contribution >= 0.6 is 0 Å². The van der Waals surface area contributed by atoms with Gasteiger partial charge in [-0.25, -0.2) is 15.0 Å². The number of rotatable bonds is 8. The van der Waals surface area contributed by atoms with Gasteiger partial charge in [0.05, 0.1) is 11.8 Å². The third-order valence-electron chi connectivity index (χ3n) is 3.28. The molecule has 8 heteroatoms.